The number of pyridine rings is 1. The molecular weight excluding hydrogens is 601 g/mol. The molecule has 0 saturated carbocycles. The summed E-state index contributed by atoms with van der Waals surface area (Å²) in [6.07, 6.45) is 1.76. The van der Waals surface area contributed by atoms with Crippen LogP contribution in [0.15, 0.2) is 114 Å². The van der Waals surface area contributed by atoms with Crippen LogP contribution in [-0.2, 0) is 10.0 Å². The second-order valence-electron chi connectivity index (χ2n) is 6.97. The summed E-state index contributed by atoms with van der Waals surface area (Å²) in [5.41, 5.74) is 1.51. The molecule has 0 spiro atoms. The second-order valence-corrected chi connectivity index (χ2v) is 13.7. The van der Waals surface area contributed by atoms with Crippen molar-refractivity contribution in [2.75, 3.05) is 2.20 Å². The monoisotopic (exact) mass is 619 g/mol. The van der Waals surface area contributed by atoms with Crippen LogP contribution in [0, 0.1) is 0 Å². The average molecular weight is 619 g/mol. The van der Waals surface area contributed by atoms with Gasteiger partial charge in [-0.15, -0.1) is 0 Å². The number of rotatable bonds is 5. The zero-order valence-corrected chi connectivity index (χ0v) is 20.4. The van der Waals surface area contributed by atoms with Gasteiger partial charge in [-0.3, -0.25) is 0 Å². The second kappa shape index (κ2) is 8.38. The van der Waals surface area contributed by atoms with Crippen LogP contribution in [0.1, 0.15) is 0 Å². The molecule has 0 bridgehead atoms. The molecular formula is C25H18N2O2PoS. The Labute approximate surface area is 193 Å². The number of benzene rings is 4. The van der Waals surface area contributed by atoms with Crippen molar-refractivity contribution < 1.29 is 8.42 Å². The Kier molecular flexibility index (Phi) is 5.44. The van der Waals surface area contributed by atoms with E-state index in [9.17, 15) is 8.42 Å². The summed E-state index contributed by atoms with van der Waals surface area (Å²) in [5, 5.41) is 2.84. The number of anilines is 1. The van der Waals surface area contributed by atoms with Crippen LogP contribution in [0.2, 0.25) is 0 Å². The summed E-state index contributed by atoms with van der Waals surface area (Å²) in [6.45, 7) is 0. The molecule has 6 heteroatoms. The van der Waals surface area contributed by atoms with Crippen molar-refractivity contribution >= 4 is 64.5 Å². The van der Waals surface area contributed by atoms with Gasteiger partial charge in [0.2, 0.25) is 0 Å². The van der Waals surface area contributed by atoms with Gasteiger partial charge < -0.3 is 0 Å². The molecule has 31 heavy (non-hydrogen) atoms. The number of fused-ring (bicyclic) bond motifs is 3. The quantitative estimate of drug-likeness (QED) is 0.272. The van der Waals surface area contributed by atoms with Gasteiger partial charge in [0.05, 0.1) is 0 Å². The first-order valence-corrected chi connectivity index (χ1v) is 14.2. The predicted octanol–water partition coefficient (Wildman–Crippen LogP) is 4.53. The number of aromatic nitrogens is 1. The molecule has 152 valence electrons. The van der Waals surface area contributed by atoms with Crippen molar-refractivity contribution in [2.45, 2.75) is 4.90 Å². The van der Waals surface area contributed by atoms with Crippen LogP contribution < -0.4 is 5.43 Å². The average Bonchev–Trinajstić information content (AvgIpc) is 2.83. The van der Waals surface area contributed by atoms with Crippen molar-refractivity contribution in [2.24, 2.45) is 0 Å². The van der Waals surface area contributed by atoms with E-state index in [1.807, 2.05) is 78.9 Å². The van der Waals surface area contributed by atoms with E-state index >= 15 is 0 Å². The Morgan fingerprint density at radius 2 is 1.35 bits per heavy atom. The minimum absolute atomic E-state index is 0.302. The van der Waals surface area contributed by atoms with Crippen LogP contribution in [0.4, 0.5) is 5.69 Å². The first kappa shape index (κ1) is 20.1. The molecule has 1 heterocycles. The number of sulfonamides is 1. The number of hydrogen-bond donors (Lipinski definition) is 0. The van der Waals surface area contributed by atoms with Gasteiger partial charge in [0, 0.05) is 0 Å². The molecule has 0 aliphatic carbocycles. The zero-order valence-electron chi connectivity index (χ0n) is 16.4. The Hall–Kier alpha value is -2.80. The molecule has 4 aromatic carbocycles. The fourth-order valence-electron chi connectivity index (χ4n) is 3.54. The Balaban J connectivity index is 1.80. The molecule has 4 nitrogen and oxygen atoms in total. The van der Waals surface area contributed by atoms with E-state index < -0.39 is 33.9 Å². The van der Waals surface area contributed by atoms with Crippen molar-refractivity contribution in [1.82, 2.24) is 4.98 Å². The molecule has 0 radical (unpaired) electrons. The van der Waals surface area contributed by atoms with E-state index in [1.165, 1.54) is 0 Å². The summed E-state index contributed by atoms with van der Waals surface area (Å²) in [6, 6.07) is 32.4. The van der Waals surface area contributed by atoms with E-state index in [0.717, 1.165) is 24.9 Å². The van der Waals surface area contributed by atoms with Gasteiger partial charge in [0.15, 0.2) is 0 Å². The number of hydrogen-bond acceptors (Lipinski definition) is 3. The van der Waals surface area contributed by atoms with E-state index in [-0.39, 0.29) is 0 Å². The van der Waals surface area contributed by atoms with Crippen molar-refractivity contribution in [3.63, 3.8) is 0 Å². The third-order valence-electron chi connectivity index (χ3n) is 4.98. The van der Waals surface area contributed by atoms with Gasteiger partial charge in [-0.2, -0.15) is 0 Å². The third kappa shape index (κ3) is 3.82. The topological polar surface area (TPSA) is 50.3 Å². The Morgan fingerprint density at radius 3 is 2.13 bits per heavy atom. The standard InChI is InChI=1S/C19H13N2O2S.C6H5.Po/c22-24(23,16-8-2-1-3-9-16)21-17-10-4-6-14-11-12-15-7-5-13-20-19(15)18(14)17;1-2-4-6-5-3-1;/h1-13H;1-5H;/q-1;;+1. The van der Waals surface area contributed by atoms with Gasteiger partial charge in [0.1, 0.15) is 0 Å². The van der Waals surface area contributed by atoms with Gasteiger partial charge in [0.25, 0.3) is 0 Å². The van der Waals surface area contributed by atoms with Crippen LogP contribution in [0.25, 0.3) is 21.7 Å². The van der Waals surface area contributed by atoms with E-state index in [2.05, 4.69) is 4.98 Å². The minimum atomic E-state index is -3.73. The van der Waals surface area contributed by atoms with Crippen LogP contribution in [0.3, 0.4) is 0 Å². The molecule has 0 N–H and O–H groups in total. The fraction of sp³-hybridized carbons (Fsp3) is 0. The van der Waals surface area contributed by atoms with Crippen molar-refractivity contribution in [3.05, 3.63) is 109 Å². The molecule has 5 rings (SSSR count). The maximum absolute atomic E-state index is 13.9. The van der Waals surface area contributed by atoms with Gasteiger partial charge in [-0.25, -0.2) is 0 Å². The molecule has 1 aromatic heterocycles. The van der Waals surface area contributed by atoms with Gasteiger partial charge in [-0.1, -0.05) is 0 Å². The summed E-state index contributed by atoms with van der Waals surface area (Å²) < 4.78 is 30.5. The summed E-state index contributed by atoms with van der Waals surface area (Å²) in [5.74, 6) is 0. The van der Waals surface area contributed by atoms with Crippen LogP contribution in [-0.4, -0.2) is 37.3 Å². The van der Waals surface area contributed by atoms with Gasteiger partial charge in [-0.05, 0) is 0 Å². The molecule has 0 aliphatic rings. The summed E-state index contributed by atoms with van der Waals surface area (Å²) >= 11 is -1.70. The fourth-order valence-corrected chi connectivity index (χ4v) is 10.4. The third-order valence-corrected chi connectivity index (χ3v) is 12.7. The van der Waals surface area contributed by atoms with E-state index in [1.54, 1.807) is 32.7 Å². The Morgan fingerprint density at radius 1 is 0.677 bits per heavy atom. The first-order valence-electron chi connectivity index (χ1n) is 9.74. The van der Waals surface area contributed by atoms with Gasteiger partial charge >= 0.3 is 194 Å². The first-order chi connectivity index (χ1) is 15.1. The molecule has 0 fully saturated rings. The molecule has 0 amide bonds. The predicted molar refractivity (Wildman–Crippen MR) is 127 cm³/mol. The molecule has 0 aliphatic heterocycles. The summed E-state index contributed by atoms with van der Waals surface area (Å²) in [7, 11) is -3.73. The molecule has 0 saturated heterocycles. The van der Waals surface area contributed by atoms with Crippen LogP contribution in [0.5, 0.6) is 0 Å². The SMILES string of the molecule is O=S(=O)(c1ccccc1)[N]([Po][c]1ccccc1)c1cccc2ccc3cccnc3c12. The van der Waals surface area contributed by atoms with Crippen molar-refractivity contribution in [1.29, 1.82) is 0 Å². The number of nitrogens with zero attached hydrogens (tertiary/aromatic N) is 2. The zero-order chi connectivity index (χ0) is 21.3. The summed E-state index contributed by atoms with van der Waals surface area (Å²) in [4.78, 5) is 4.91. The Bertz CT molecular complexity index is 1470. The van der Waals surface area contributed by atoms with Crippen molar-refractivity contribution in [3.8, 4) is 0 Å². The molecule has 5 aromatic rings. The molecule has 0 unspecified atom stereocenters. The van der Waals surface area contributed by atoms with E-state index in [4.69, 9.17) is 0 Å². The maximum atomic E-state index is 13.9. The van der Waals surface area contributed by atoms with Crippen LogP contribution >= 0.6 is 0 Å². The van der Waals surface area contributed by atoms with E-state index in [0.29, 0.717) is 10.6 Å². The normalized spacial score (nSPS) is 11.6. The molecule has 0 atom stereocenters.